The zero-order valence-corrected chi connectivity index (χ0v) is 21.3. The van der Waals surface area contributed by atoms with E-state index < -0.39 is 29.2 Å². The fourth-order valence-corrected chi connectivity index (χ4v) is 4.67. The van der Waals surface area contributed by atoms with Gasteiger partial charge in [0.25, 0.3) is 0 Å². The maximum atomic E-state index is 14.3. The van der Waals surface area contributed by atoms with Crippen LogP contribution in [0.1, 0.15) is 37.5 Å². The van der Waals surface area contributed by atoms with Crippen molar-refractivity contribution >= 4 is 34.2 Å². The van der Waals surface area contributed by atoms with Crippen LogP contribution in [0.5, 0.6) is 11.5 Å². The maximum Gasteiger partial charge on any atom is 0.311 e. The Labute approximate surface area is 219 Å². The van der Waals surface area contributed by atoms with Crippen LogP contribution >= 0.6 is 23.2 Å². The highest BCUT2D eigenvalue weighted by molar-refractivity contribution is 6.48. The lowest BCUT2D eigenvalue weighted by molar-refractivity contribution is -0.166. The molecule has 4 nitrogen and oxygen atoms in total. The average molecular weight is 524 g/mol. The van der Waals surface area contributed by atoms with Crippen LogP contribution in [-0.2, 0) is 9.53 Å². The van der Waals surface area contributed by atoms with Crippen LogP contribution in [-0.4, -0.2) is 5.97 Å². The Bertz CT molecular complexity index is 1320. The second kappa shape index (κ2) is 10.7. The first-order valence-corrected chi connectivity index (χ1v) is 12.2. The number of halogens is 3. The van der Waals surface area contributed by atoms with E-state index in [-0.39, 0.29) is 11.7 Å². The number of rotatable bonds is 7. The summed E-state index contributed by atoms with van der Waals surface area (Å²) in [6, 6.07) is 21.9. The van der Waals surface area contributed by atoms with E-state index in [0.717, 1.165) is 5.56 Å². The smallest absolute Gasteiger partial charge is 0.311 e. The summed E-state index contributed by atoms with van der Waals surface area (Å²) in [5.74, 6) is -1.03. The monoisotopic (exact) mass is 523 g/mol. The minimum absolute atomic E-state index is 0.0514. The van der Waals surface area contributed by atoms with Gasteiger partial charge in [0.15, 0.2) is 11.6 Å². The van der Waals surface area contributed by atoms with Gasteiger partial charge in [0, 0.05) is 15.6 Å². The summed E-state index contributed by atoms with van der Waals surface area (Å²) < 4.78 is 25.5. The highest BCUT2D eigenvalue weighted by Crippen LogP contribution is 2.53. The molecule has 1 saturated carbocycles. The number of benzene rings is 3. The van der Waals surface area contributed by atoms with E-state index in [0.29, 0.717) is 27.8 Å². The second-order valence-electron chi connectivity index (χ2n) is 9.29. The van der Waals surface area contributed by atoms with Crippen molar-refractivity contribution in [3.05, 3.63) is 101 Å². The lowest BCUT2D eigenvalue weighted by Gasteiger charge is -2.49. The Hall–Kier alpha value is -3.33. The number of carbonyl (C=O) groups is 1. The summed E-state index contributed by atoms with van der Waals surface area (Å²) in [4.78, 5) is 13.0. The predicted octanol–water partition coefficient (Wildman–Crippen LogP) is 8.32. The van der Waals surface area contributed by atoms with Gasteiger partial charge in [-0.05, 0) is 59.7 Å². The third kappa shape index (κ3) is 5.56. The summed E-state index contributed by atoms with van der Waals surface area (Å²) in [5.41, 5.74) is 0.753. The molecule has 0 heterocycles. The van der Waals surface area contributed by atoms with Crippen molar-refractivity contribution in [3.8, 4) is 17.6 Å². The average Bonchev–Trinajstić information content (AvgIpc) is 2.87. The van der Waals surface area contributed by atoms with Crippen LogP contribution in [0.3, 0.4) is 0 Å². The van der Waals surface area contributed by atoms with Crippen molar-refractivity contribution in [1.82, 2.24) is 0 Å². The van der Waals surface area contributed by atoms with E-state index in [2.05, 4.69) is 0 Å². The molecule has 1 aliphatic rings. The number of nitrogens with zero attached hydrogens (tertiary/aromatic N) is 1. The van der Waals surface area contributed by atoms with Crippen molar-refractivity contribution < 1.29 is 18.7 Å². The molecule has 36 heavy (non-hydrogen) atoms. The first-order valence-electron chi connectivity index (χ1n) is 11.4. The summed E-state index contributed by atoms with van der Waals surface area (Å²) in [6.07, 6.45) is 1.29. The minimum Gasteiger partial charge on any atom is -0.454 e. The standard InChI is InChI=1S/C29H24Cl2FNO3/c1-29(2)20(16-24(31)18-8-11-21(30)12-9-18)15-23(29)28(34)36-27(17-33)19-10-13-25(32)26(14-19)35-22-6-4-3-5-7-22/h3-14,16,20,23,27H,15H2,1-2H3. The third-order valence-electron chi connectivity index (χ3n) is 6.68. The van der Waals surface area contributed by atoms with Crippen molar-refractivity contribution in [1.29, 1.82) is 5.26 Å². The van der Waals surface area contributed by atoms with Gasteiger partial charge in [0.2, 0.25) is 6.10 Å². The van der Waals surface area contributed by atoms with Gasteiger partial charge in [-0.15, -0.1) is 0 Å². The Morgan fingerprint density at radius 1 is 1.14 bits per heavy atom. The van der Waals surface area contributed by atoms with Gasteiger partial charge in [-0.3, -0.25) is 4.79 Å². The molecule has 7 heteroatoms. The molecular formula is C29H24Cl2FNO3. The molecule has 3 aromatic rings. The zero-order valence-electron chi connectivity index (χ0n) is 19.8. The van der Waals surface area contributed by atoms with Gasteiger partial charge in [0.1, 0.15) is 11.8 Å². The molecule has 184 valence electrons. The quantitative estimate of drug-likeness (QED) is 0.292. The molecule has 0 spiro atoms. The molecule has 3 atom stereocenters. The Morgan fingerprint density at radius 2 is 1.83 bits per heavy atom. The van der Waals surface area contributed by atoms with Gasteiger partial charge < -0.3 is 9.47 Å². The first-order chi connectivity index (χ1) is 17.2. The summed E-state index contributed by atoms with van der Waals surface area (Å²) >= 11 is 12.5. The van der Waals surface area contributed by atoms with Crippen molar-refractivity contribution in [2.75, 3.05) is 0 Å². The molecule has 1 fully saturated rings. The predicted molar refractivity (Wildman–Crippen MR) is 138 cm³/mol. The Kier molecular flexibility index (Phi) is 7.68. The van der Waals surface area contributed by atoms with E-state index >= 15 is 0 Å². The van der Waals surface area contributed by atoms with E-state index in [1.807, 2.05) is 44.2 Å². The maximum absolute atomic E-state index is 14.3. The molecule has 3 unspecified atom stereocenters. The Morgan fingerprint density at radius 3 is 2.47 bits per heavy atom. The molecule has 0 aromatic heterocycles. The summed E-state index contributed by atoms with van der Waals surface area (Å²) in [7, 11) is 0. The number of para-hydroxylation sites is 1. The number of esters is 1. The van der Waals surface area contributed by atoms with Crippen LogP contribution < -0.4 is 4.74 Å². The molecule has 0 radical (unpaired) electrons. The largest absolute Gasteiger partial charge is 0.454 e. The Balaban J connectivity index is 1.44. The zero-order chi connectivity index (χ0) is 25.9. The highest BCUT2D eigenvalue weighted by Gasteiger charge is 2.52. The highest BCUT2D eigenvalue weighted by atomic mass is 35.5. The minimum atomic E-state index is -1.20. The number of allylic oxidation sites excluding steroid dienone is 1. The van der Waals surface area contributed by atoms with E-state index in [9.17, 15) is 14.4 Å². The van der Waals surface area contributed by atoms with Gasteiger partial charge in [0.05, 0.1) is 5.92 Å². The second-order valence-corrected chi connectivity index (χ2v) is 10.1. The van der Waals surface area contributed by atoms with Gasteiger partial charge in [-0.25, -0.2) is 4.39 Å². The van der Waals surface area contributed by atoms with Crippen LogP contribution in [0.2, 0.25) is 5.02 Å². The molecule has 0 saturated heterocycles. The van der Waals surface area contributed by atoms with E-state index in [1.54, 1.807) is 36.4 Å². The van der Waals surface area contributed by atoms with E-state index in [4.69, 9.17) is 32.7 Å². The van der Waals surface area contributed by atoms with Crippen LogP contribution in [0.25, 0.3) is 5.03 Å². The number of ether oxygens (including phenoxy) is 2. The molecule has 0 N–H and O–H groups in total. The first kappa shape index (κ1) is 25.8. The SMILES string of the molecule is CC1(C)C(C=C(Cl)c2ccc(Cl)cc2)CC1C(=O)OC(C#N)c1ccc(F)c(Oc2ccccc2)c1. The number of carbonyl (C=O) groups excluding carboxylic acids is 1. The molecule has 0 amide bonds. The third-order valence-corrected chi connectivity index (χ3v) is 7.27. The molecular weight excluding hydrogens is 500 g/mol. The van der Waals surface area contributed by atoms with E-state index in [1.165, 1.54) is 18.2 Å². The lowest BCUT2D eigenvalue weighted by atomic mass is 9.54. The van der Waals surface area contributed by atoms with Crippen molar-refractivity contribution in [3.63, 3.8) is 0 Å². The molecule has 3 aromatic carbocycles. The number of nitriles is 1. The van der Waals surface area contributed by atoms with Gasteiger partial charge in [-0.2, -0.15) is 5.26 Å². The van der Waals surface area contributed by atoms with Gasteiger partial charge in [-0.1, -0.05) is 79.5 Å². The summed E-state index contributed by atoms with van der Waals surface area (Å²) in [5, 5.41) is 10.9. The van der Waals surface area contributed by atoms with Crippen molar-refractivity contribution in [2.24, 2.45) is 17.3 Å². The molecule has 1 aliphatic carbocycles. The molecule has 0 aliphatic heterocycles. The van der Waals surface area contributed by atoms with Crippen molar-refractivity contribution in [2.45, 2.75) is 26.4 Å². The fraction of sp³-hybridized carbons (Fsp3) is 0.241. The summed E-state index contributed by atoms with van der Waals surface area (Å²) in [6.45, 7) is 3.95. The number of hydrogen-bond donors (Lipinski definition) is 0. The number of hydrogen-bond acceptors (Lipinski definition) is 4. The van der Waals surface area contributed by atoms with Crippen LogP contribution in [0.4, 0.5) is 4.39 Å². The van der Waals surface area contributed by atoms with Gasteiger partial charge >= 0.3 is 5.97 Å². The topological polar surface area (TPSA) is 59.3 Å². The lowest BCUT2D eigenvalue weighted by Crippen LogP contribution is -2.48. The normalized spacial score (nSPS) is 19.5. The fourth-order valence-electron chi connectivity index (χ4n) is 4.27. The van der Waals surface area contributed by atoms with Crippen LogP contribution in [0.15, 0.2) is 78.9 Å². The molecule has 4 rings (SSSR count). The van der Waals surface area contributed by atoms with Crippen LogP contribution in [0, 0.1) is 34.4 Å². The molecule has 0 bridgehead atoms.